The van der Waals surface area contributed by atoms with Gasteiger partial charge in [0.15, 0.2) is 0 Å². The van der Waals surface area contributed by atoms with Crippen molar-refractivity contribution < 1.29 is 14.5 Å². The van der Waals surface area contributed by atoms with Crippen molar-refractivity contribution in [2.24, 2.45) is 0 Å². The third-order valence-corrected chi connectivity index (χ3v) is 3.65. The first-order valence-electron chi connectivity index (χ1n) is 7.28. The van der Waals surface area contributed by atoms with Crippen LogP contribution in [0.1, 0.15) is 44.2 Å². The normalized spacial score (nSPS) is 21.7. The number of para-hydroxylation sites is 1. The van der Waals surface area contributed by atoms with Crippen LogP contribution in [0.5, 0.6) is 5.75 Å². The Morgan fingerprint density at radius 1 is 1.43 bits per heavy atom. The van der Waals surface area contributed by atoms with Crippen molar-refractivity contribution >= 4 is 5.91 Å². The molecule has 1 aromatic rings. The first-order chi connectivity index (χ1) is 10.1. The van der Waals surface area contributed by atoms with Crippen LogP contribution in [0.2, 0.25) is 0 Å². The molecule has 0 saturated carbocycles. The zero-order valence-electron chi connectivity index (χ0n) is 12.1. The summed E-state index contributed by atoms with van der Waals surface area (Å²) in [5, 5.41) is 14.0. The molecule has 0 spiro atoms. The molecule has 0 unspecified atom stereocenters. The molecule has 0 radical (unpaired) electrons. The van der Waals surface area contributed by atoms with Crippen LogP contribution in [0, 0.1) is 10.1 Å². The number of carbonyl (C=O) groups is 1. The second-order valence-corrected chi connectivity index (χ2v) is 5.18. The Morgan fingerprint density at radius 3 is 2.90 bits per heavy atom. The lowest BCUT2D eigenvalue weighted by Gasteiger charge is -2.28. The summed E-state index contributed by atoms with van der Waals surface area (Å²) in [5.41, 5.74) is 0.684. The molecule has 1 amide bonds. The van der Waals surface area contributed by atoms with Gasteiger partial charge in [-0.3, -0.25) is 14.9 Å². The SMILES string of the molecule is CCCCOc1ccccc1[C@H]1NC(=O)CC[C@H]1[N+](=O)[O-]. The molecule has 1 saturated heterocycles. The molecule has 1 N–H and O–H groups in total. The van der Waals surface area contributed by atoms with E-state index in [-0.39, 0.29) is 23.7 Å². The Kier molecular flexibility index (Phi) is 5.14. The number of carbonyl (C=O) groups excluding carboxylic acids is 1. The van der Waals surface area contributed by atoms with Crippen molar-refractivity contribution in [1.82, 2.24) is 5.32 Å². The Morgan fingerprint density at radius 2 is 2.19 bits per heavy atom. The zero-order valence-corrected chi connectivity index (χ0v) is 12.1. The number of rotatable bonds is 6. The molecule has 114 valence electrons. The molecule has 1 fully saturated rings. The van der Waals surface area contributed by atoms with Gasteiger partial charge in [0, 0.05) is 23.3 Å². The average molecular weight is 292 g/mol. The summed E-state index contributed by atoms with van der Waals surface area (Å²) in [6.07, 6.45) is 2.39. The minimum atomic E-state index is -0.807. The number of nitrogens with zero attached hydrogens (tertiary/aromatic N) is 1. The first kappa shape index (κ1) is 15.3. The molecule has 2 rings (SSSR count). The van der Waals surface area contributed by atoms with Crippen LogP contribution in [0.15, 0.2) is 24.3 Å². The van der Waals surface area contributed by atoms with Crippen molar-refractivity contribution in [2.45, 2.75) is 44.7 Å². The summed E-state index contributed by atoms with van der Waals surface area (Å²) in [4.78, 5) is 22.5. The summed E-state index contributed by atoms with van der Waals surface area (Å²) in [5.74, 6) is 0.464. The average Bonchev–Trinajstić information content (AvgIpc) is 2.47. The van der Waals surface area contributed by atoms with Crippen molar-refractivity contribution in [1.29, 1.82) is 0 Å². The lowest BCUT2D eigenvalue weighted by Crippen LogP contribution is -2.45. The van der Waals surface area contributed by atoms with Gasteiger partial charge in [-0.15, -0.1) is 0 Å². The van der Waals surface area contributed by atoms with Gasteiger partial charge in [0.05, 0.1) is 6.61 Å². The molecule has 1 aliphatic rings. The summed E-state index contributed by atoms with van der Waals surface area (Å²) in [6.45, 7) is 2.64. The molecule has 6 nitrogen and oxygen atoms in total. The number of ether oxygens (including phenoxy) is 1. The van der Waals surface area contributed by atoms with E-state index in [0.29, 0.717) is 17.9 Å². The van der Waals surface area contributed by atoms with Gasteiger partial charge in [-0.05, 0) is 12.5 Å². The van der Waals surface area contributed by atoms with Crippen LogP contribution in [-0.4, -0.2) is 23.5 Å². The van der Waals surface area contributed by atoms with E-state index in [9.17, 15) is 14.9 Å². The second kappa shape index (κ2) is 7.06. The van der Waals surface area contributed by atoms with Gasteiger partial charge in [0.25, 0.3) is 0 Å². The van der Waals surface area contributed by atoms with E-state index >= 15 is 0 Å². The molecule has 0 aliphatic carbocycles. The van der Waals surface area contributed by atoms with Crippen LogP contribution in [0.3, 0.4) is 0 Å². The smallest absolute Gasteiger partial charge is 0.237 e. The predicted molar refractivity (Wildman–Crippen MR) is 77.7 cm³/mol. The molecular formula is C15H20N2O4. The van der Waals surface area contributed by atoms with Crippen LogP contribution < -0.4 is 10.1 Å². The molecule has 0 bridgehead atoms. The van der Waals surface area contributed by atoms with Gasteiger partial charge in [-0.2, -0.15) is 0 Å². The van der Waals surface area contributed by atoms with Crippen LogP contribution in [-0.2, 0) is 4.79 Å². The van der Waals surface area contributed by atoms with Crippen molar-refractivity contribution in [3.05, 3.63) is 39.9 Å². The first-order valence-corrected chi connectivity index (χ1v) is 7.28. The van der Waals surface area contributed by atoms with Gasteiger partial charge >= 0.3 is 0 Å². The number of benzene rings is 1. The van der Waals surface area contributed by atoms with Gasteiger partial charge in [-0.1, -0.05) is 31.5 Å². The van der Waals surface area contributed by atoms with Crippen LogP contribution >= 0.6 is 0 Å². The van der Waals surface area contributed by atoms with E-state index in [0.717, 1.165) is 12.8 Å². The molecule has 1 aromatic carbocycles. The summed E-state index contributed by atoms with van der Waals surface area (Å²) in [6, 6.07) is 5.78. The molecule has 1 aliphatic heterocycles. The van der Waals surface area contributed by atoms with E-state index in [1.807, 2.05) is 6.07 Å². The summed E-state index contributed by atoms with van der Waals surface area (Å²) in [7, 11) is 0. The Bertz CT molecular complexity index is 518. The molecule has 6 heteroatoms. The maximum Gasteiger partial charge on any atom is 0.237 e. The van der Waals surface area contributed by atoms with E-state index in [4.69, 9.17) is 4.74 Å². The Hall–Kier alpha value is -2.11. The highest BCUT2D eigenvalue weighted by Gasteiger charge is 2.39. The molecule has 1 heterocycles. The number of unbranched alkanes of at least 4 members (excludes halogenated alkanes) is 1. The van der Waals surface area contributed by atoms with Gasteiger partial charge in [0.1, 0.15) is 11.8 Å². The van der Waals surface area contributed by atoms with Crippen molar-refractivity contribution in [3.63, 3.8) is 0 Å². The molecule has 0 aromatic heterocycles. The lowest BCUT2D eigenvalue weighted by molar-refractivity contribution is -0.529. The minimum Gasteiger partial charge on any atom is -0.493 e. The Labute approximate surface area is 123 Å². The molecule has 2 atom stereocenters. The maximum atomic E-state index is 11.6. The topological polar surface area (TPSA) is 81.5 Å². The monoisotopic (exact) mass is 292 g/mol. The van der Waals surface area contributed by atoms with Gasteiger partial charge in [0.2, 0.25) is 11.9 Å². The summed E-state index contributed by atoms with van der Waals surface area (Å²) < 4.78 is 5.72. The Balaban J connectivity index is 2.24. The van der Waals surface area contributed by atoms with Gasteiger partial charge < -0.3 is 10.1 Å². The molecular weight excluding hydrogens is 272 g/mol. The highest BCUT2D eigenvalue weighted by Crippen LogP contribution is 2.32. The number of piperidine rings is 1. The van der Waals surface area contributed by atoms with E-state index in [1.54, 1.807) is 18.2 Å². The van der Waals surface area contributed by atoms with Crippen molar-refractivity contribution in [3.8, 4) is 5.75 Å². The van der Waals surface area contributed by atoms with Crippen LogP contribution in [0.4, 0.5) is 0 Å². The number of nitro groups is 1. The largest absolute Gasteiger partial charge is 0.493 e. The quantitative estimate of drug-likeness (QED) is 0.496. The van der Waals surface area contributed by atoms with Gasteiger partial charge in [-0.25, -0.2) is 0 Å². The highest BCUT2D eigenvalue weighted by atomic mass is 16.6. The number of hydrogen-bond acceptors (Lipinski definition) is 4. The summed E-state index contributed by atoms with van der Waals surface area (Å²) >= 11 is 0. The predicted octanol–water partition coefficient (Wildman–Crippen LogP) is 2.46. The third kappa shape index (κ3) is 3.71. The van der Waals surface area contributed by atoms with Crippen molar-refractivity contribution in [2.75, 3.05) is 6.61 Å². The zero-order chi connectivity index (χ0) is 15.2. The highest BCUT2D eigenvalue weighted by molar-refractivity contribution is 5.77. The van der Waals surface area contributed by atoms with E-state index in [1.165, 1.54) is 0 Å². The third-order valence-electron chi connectivity index (χ3n) is 3.65. The van der Waals surface area contributed by atoms with Crippen LogP contribution in [0.25, 0.3) is 0 Å². The maximum absolute atomic E-state index is 11.6. The number of amides is 1. The lowest BCUT2D eigenvalue weighted by atomic mass is 9.92. The fraction of sp³-hybridized carbons (Fsp3) is 0.533. The van der Waals surface area contributed by atoms with E-state index in [2.05, 4.69) is 12.2 Å². The number of nitrogens with one attached hydrogen (secondary N) is 1. The molecule has 21 heavy (non-hydrogen) atoms. The van der Waals surface area contributed by atoms with E-state index < -0.39 is 12.1 Å². The fourth-order valence-corrected chi connectivity index (χ4v) is 2.49. The number of hydrogen-bond donors (Lipinski definition) is 1. The fourth-order valence-electron chi connectivity index (χ4n) is 2.49. The second-order valence-electron chi connectivity index (χ2n) is 5.18. The standard InChI is InChI=1S/C15H20N2O4/c1-2-3-10-21-13-7-5-4-6-11(13)15-12(17(19)20)8-9-14(18)16-15/h4-7,12,15H,2-3,8-10H2,1H3,(H,16,18)/t12-,15-/m1/s1. The minimum absolute atomic E-state index is 0.151.